The largest absolute Gasteiger partial charge is 0.346 e. The van der Waals surface area contributed by atoms with Gasteiger partial charge in [-0.15, -0.1) is 0 Å². The highest BCUT2D eigenvalue weighted by molar-refractivity contribution is 6.28. The molecule has 0 atom stereocenters. The van der Waals surface area contributed by atoms with Gasteiger partial charge in [0.2, 0.25) is 0 Å². The van der Waals surface area contributed by atoms with Crippen LogP contribution >= 0.6 is 0 Å². The number of fused-ring (bicyclic) bond motifs is 4. The minimum Gasteiger partial charge on any atom is -0.289 e. The molecule has 6 aromatic rings. The summed E-state index contributed by atoms with van der Waals surface area (Å²) >= 11 is 0. The van der Waals surface area contributed by atoms with Crippen LogP contribution in [0.25, 0.3) is 54.9 Å². The van der Waals surface area contributed by atoms with Crippen LogP contribution in [0.15, 0.2) is 97.1 Å². The first-order chi connectivity index (χ1) is 20.3. The van der Waals surface area contributed by atoms with Crippen molar-refractivity contribution in [1.82, 2.24) is 0 Å². The lowest BCUT2D eigenvalue weighted by atomic mass is 9.79. The van der Waals surface area contributed by atoms with Gasteiger partial charge in [0.25, 0.3) is 0 Å². The normalized spacial score (nSPS) is 12.8. The molecular formula is C34H16N2O6. The van der Waals surface area contributed by atoms with Crippen LogP contribution in [0.3, 0.4) is 0 Å². The second kappa shape index (κ2) is 8.25. The van der Waals surface area contributed by atoms with E-state index in [4.69, 9.17) is 0 Å². The number of benzene rings is 6. The molecule has 0 radical (unpaired) electrons. The van der Waals surface area contributed by atoms with Crippen molar-refractivity contribution in [2.45, 2.75) is 0 Å². The van der Waals surface area contributed by atoms with E-state index in [-0.39, 0.29) is 16.9 Å². The molecule has 8 rings (SSSR count). The summed E-state index contributed by atoms with van der Waals surface area (Å²) in [5.74, 6) is -0.436. The molecule has 6 aromatic carbocycles. The molecule has 0 saturated heterocycles. The van der Waals surface area contributed by atoms with Crippen LogP contribution in [0.4, 0.5) is 11.4 Å². The van der Waals surface area contributed by atoms with Gasteiger partial charge in [-0.05, 0) is 62.9 Å². The molecule has 0 unspecified atom stereocenters. The molecule has 0 saturated carbocycles. The molecule has 8 heteroatoms. The molecule has 8 nitrogen and oxygen atoms in total. The van der Waals surface area contributed by atoms with Crippen molar-refractivity contribution in [3.8, 4) is 33.4 Å². The zero-order chi connectivity index (χ0) is 28.9. The second-order valence-electron chi connectivity index (χ2n) is 10.5. The van der Waals surface area contributed by atoms with E-state index < -0.39 is 27.0 Å². The molecule has 198 valence electrons. The van der Waals surface area contributed by atoms with Gasteiger partial charge in [-0.3, -0.25) is 29.8 Å². The predicted octanol–water partition coefficient (Wildman–Crippen LogP) is 7.90. The van der Waals surface area contributed by atoms with E-state index in [9.17, 15) is 29.8 Å². The third kappa shape index (κ3) is 3.11. The van der Waals surface area contributed by atoms with Crippen LogP contribution in [0.1, 0.15) is 31.8 Å². The Hall–Kier alpha value is -6.02. The molecule has 0 aliphatic heterocycles. The number of hydrogen-bond donors (Lipinski definition) is 0. The Bertz CT molecular complexity index is 2300. The molecule has 0 aromatic heterocycles. The third-order valence-electron chi connectivity index (χ3n) is 8.28. The van der Waals surface area contributed by atoms with Crippen molar-refractivity contribution >= 4 is 44.5 Å². The van der Waals surface area contributed by atoms with E-state index in [1.807, 2.05) is 72.8 Å². The van der Waals surface area contributed by atoms with Crippen molar-refractivity contribution in [1.29, 1.82) is 0 Å². The summed E-state index contributed by atoms with van der Waals surface area (Å²) in [5.41, 5.74) is 4.61. The van der Waals surface area contributed by atoms with Crippen molar-refractivity contribution in [3.63, 3.8) is 0 Å². The van der Waals surface area contributed by atoms with E-state index in [1.165, 1.54) is 0 Å². The number of nitro benzene ring substituents is 2. The van der Waals surface area contributed by atoms with Gasteiger partial charge in [0.1, 0.15) is 0 Å². The fraction of sp³-hybridized carbons (Fsp3) is 0. The van der Waals surface area contributed by atoms with Crippen LogP contribution < -0.4 is 0 Å². The van der Waals surface area contributed by atoms with Crippen LogP contribution in [0, 0.1) is 20.2 Å². The van der Waals surface area contributed by atoms with E-state index in [1.54, 1.807) is 12.1 Å². The van der Waals surface area contributed by atoms with E-state index in [2.05, 4.69) is 0 Å². The maximum absolute atomic E-state index is 13.5. The average molecular weight is 549 g/mol. The molecule has 0 N–H and O–H groups in total. The van der Waals surface area contributed by atoms with Crippen molar-refractivity contribution < 1.29 is 19.4 Å². The number of carbonyl (C=O) groups excluding carboxylic acids is 2. The summed E-state index contributed by atoms with van der Waals surface area (Å²) in [5, 5.41) is 26.7. The SMILES string of the molecule is O=C1c2ccccc2-c2cc(-c3cc4c5c(cccc5c3)C(=O)c3cc([N+](=O)[O-])c([N+](=O)[O-])cc3-4)cc3cccc1c23. The first kappa shape index (κ1) is 23.8. The highest BCUT2D eigenvalue weighted by Crippen LogP contribution is 2.47. The first-order valence-electron chi connectivity index (χ1n) is 13.1. The molecular weight excluding hydrogens is 532 g/mol. The summed E-state index contributed by atoms with van der Waals surface area (Å²) < 4.78 is 0. The molecule has 0 bridgehead atoms. The summed E-state index contributed by atoms with van der Waals surface area (Å²) in [6.07, 6.45) is 0. The Balaban J connectivity index is 1.44. The number of hydrogen-bond acceptors (Lipinski definition) is 6. The topological polar surface area (TPSA) is 120 Å². The van der Waals surface area contributed by atoms with Gasteiger partial charge < -0.3 is 0 Å². The van der Waals surface area contributed by atoms with Crippen LogP contribution in [0.5, 0.6) is 0 Å². The van der Waals surface area contributed by atoms with Gasteiger partial charge in [-0.2, -0.15) is 0 Å². The van der Waals surface area contributed by atoms with Gasteiger partial charge in [0, 0.05) is 50.7 Å². The van der Waals surface area contributed by atoms with Crippen LogP contribution in [-0.4, -0.2) is 21.4 Å². The van der Waals surface area contributed by atoms with Crippen LogP contribution in [-0.2, 0) is 0 Å². The molecule has 2 aliphatic rings. The van der Waals surface area contributed by atoms with Gasteiger partial charge in [0.15, 0.2) is 11.6 Å². The highest BCUT2D eigenvalue weighted by Gasteiger charge is 2.34. The number of carbonyl (C=O) groups is 2. The Kier molecular flexibility index (Phi) is 4.68. The number of nitro groups is 2. The average Bonchev–Trinajstić information content (AvgIpc) is 3.01. The summed E-state index contributed by atoms with van der Waals surface area (Å²) in [6.45, 7) is 0. The molecule has 0 amide bonds. The van der Waals surface area contributed by atoms with E-state index in [0.29, 0.717) is 27.6 Å². The maximum Gasteiger partial charge on any atom is 0.346 e. The summed E-state index contributed by atoms with van der Waals surface area (Å²) in [6, 6.07) is 28.5. The fourth-order valence-corrected chi connectivity index (χ4v) is 6.48. The summed E-state index contributed by atoms with van der Waals surface area (Å²) in [7, 11) is 0. The van der Waals surface area contributed by atoms with Crippen molar-refractivity contribution in [3.05, 3.63) is 140 Å². The highest BCUT2D eigenvalue weighted by atomic mass is 16.6. The standard InChI is InChI=1S/C34H16N2O6/c37-33-22-8-2-1-7-21(22)26-13-19(11-17-5-3-9-23(33)31(17)26)20-12-18-6-4-10-24-32(18)27(14-20)25-15-29(35(39)40)30(36(41)42)16-28(25)34(24)38/h1-16H. The molecule has 42 heavy (non-hydrogen) atoms. The van der Waals surface area contributed by atoms with Gasteiger partial charge in [-0.1, -0.05) is 60.7 Å². The lowest BCUT2D eigenvalue weighted by Gasteiger charge is -2.23. The fourth-order valence-electron chi connectivity index (χ4n) is 6.48. The molecule has 0 spiro atoms. The van der Waals surface area contributed by atoms with Gasteiger partial charge >= 0.3 is 11.4 Å². The molecule has 0 heterocycles. The smallest absolute Gasteiger partial charge is 0.289 e. The molecule has 0 fully saturated rings. The van der Waals surface area contributed by atoms with Crippen LogP contribution in [0.2, 0.25) is 0 Å². The lowest BCUT2D eigenvalue weighted by molar-refractivity contribution is -0.422. The van der Waals surface area contributed by atoms with E-state index >= 15 is 0 Å². The zero-order valence-corrected chi connectivity index (χ0v) is 21.6. The van der Waals surface area contributed by atoms with Gasteiger partial charge in [-0.25, -0.2) is 0 Å². The first-order valence-corrected chi connectivity index (χ1v) is 13.1. The summed E-state index contributed by atoms with van der Waals surface area (Å²) in [4.78, 5) is 48.6. The quantitative estimate of drug-likeness (QED) is 0.163. The second-order valence-corrected chi connectivity index (χ2v) is 10.5. The number of ketones is 2. The predicted molar refractivity (Wildman–Crippen MR) is 158 cm³/mol. The lowest BCUT2D eigenvalue weighted by Crippen LogP contribution is -2.12. The van der Waals surface area contributed by atoms with Gasteiger partial charge in [0.05, 0.1) is 9.85 Å². The minimum absolute atomic E-state index is 0.0175. The zero-order valence-electron chi connectivity index (χ0n) is 21.6. The third-order valence-corrected chi connectivity index (χ3v) is 8.28. The Morgan fingerprint density at radius 1 is 0.429 bits per heavy atom. The Morgan fingerprint density at radius 3 is 1.43 bits per heavy atom. The monoisotopic (exact) mass is 548 g/mol. The Labute approximate surface area is 236 Å². The Morgan fingerprint density at radius 2 is 0.881 bits per heavy atom. The number of nitrogens with zero attached hydrogens (tertiary/aromatic N) is 2. The minimum atomic E-state index is -0.838. The number of rotatable bonds is 3. The van der Waals surface area contributed by atoms with Crippen molar-refractivity contribution in [2.75, 3.05) is 0 Å². The van der Waals surface area contributed by atoms with Crippen molar-refractivity contribution in [2.24, 2.45) is 0 Å². The maximum atomic E-state index is 13.5. The molecule has 2 aliphatic carbocycles. The van der Waals surface area contributed by atoms with E-state index in [0.717, 1.165) is 50.5 Å².